The molecule has 2 atom stereocenters. The van der Waals surface area contributed by atoms with Gasteiger partial charge in [0.1, 0.15) is 12.4 Å². The minimum Gasteiger partial charge on any atom is -0.375 e. The molecule has 3 rings (SSSR count). The van der Waals surface area contributed by atoms with Crippen LogP contribution in [0.25, 0.3) is 0 Å². The molecule has 1 amide bonds. The molecule has 10 heteroatoms. The molecule has 2 saturated heterocycles. The van der Waals surface area contributed by atoms with Crippen molar-refractivity contribution in [2.75, 3.05) is 30.1 Å². The number of anilines is 1. The van der Waals surface area contributed by atoms with E-state index in [1.807, 2.05) is 0 Å². The SMILES string of the molecule is COCC(=O)N=C1S[C@@H]2CS(=O)(=O)C[C@@H]2N1c1ccc(F)c(Cl)c1. The third-order valence-corrected chi connectivity index (χ3v) is 7.24. The molecule has 0 spiro atoms. The molecule has 24 heavy (non-hydrogen) atoms. The van der Waals surface area contributed by atoms with Gasteiger partial charge in [-0.2, -0.15) is 4.99 Å². The Morgan fingerprint density at radius 3 is 2.92 bits per heavy atom. The van der Waals surface area contributed by atoms with E-state index in [4.69, 9.17) is 16.3 Å². The van der Waals surface area contributed by atoms with E-state index in [0.717, 1.165) is 0 Å². The van der Waals surface area contributed by atoms with Crippen LogP contribution < -0.4 is 4.90 Å². The highest BCUT2D eigenvalue weighted by Gasteiger charge is 2.49. The van der Waals surface area contributed by atoms with Crippen LogP contribution in [0, 0.1) is 5.82 Å². The van der Waals surface area contributed by atoms with Gasteiger partial charge in [0.2, 0.25) is 0 Å². The van der Waals surface area contributed by atoms with Crippen LogP contribution in [0.2, 0.25) is 5.02 Å². The summed E-state index contributed by atoms with van der Waals surface area (Å²) in [5.74, 6) is -1.07. The van der Waals surface area contributed by atoms with Crippen molar-refractivity contribution in [1.29, 1.82) is 0 Å². The molecule has 6 nitrogen and oxygen atoms in total. The van der Waals surface area contributed by atoms with Gasteiger partial charge in [0, 0.05) is 18.0 Å². The molecule has 2 aliphatic rings. The molecule has 0 saturated carbocycles. The molecule has 0 aromatic heterocycles. The van der Waals surface area contributed by atoms with Gasteiger partial charge < -0.3 is 9.64 Å². The lowest BCUT2D eigenvalue weighted by Crippen LogP contribution is -2.37. The molecule has 0 unspecified atom stereocenters. The van der Waals surface area contributed by atoms with Crippen LogP contribution in [0.4, 0.5) is 10.1 Å². The lowest BCUT2D eigenvalue weighted by atomic mass is 10.2. The number of aliphatic imine (C=N–C) groups is 1. The predicted octanol–water partition coefficient (Wildman–Crippen LogP) is 1.73. The van der Waals surface area contributed by atoms with Crippen LogP contribution in [-0.2, 0) is 19.4 Å². The number of rotatable bonds is 3. The van der Waals surface area contributed by atoms with E-state index in [0.29, 0.717) is 10.9 Å². The zero-order valence-electron chi connectivity index (χ0n) is 12.6. The fourth-order valence-corrected chi connectivity index (χ4v) is 6.87. The number of sulfone groups is 1. The number of carbonyl (C=O) groups excluding carboxylic acids is 1. The second-order valence-electron chi connectivity index (χ2n) is 5.49. The van der Waals surface area contributed by atoms with Crippen LogP contribution >= 0.6 is 23.4 Å². The van der Waals surface area contributed by atoms with Crippen molar-refractivity contribution in [3.8, 4) is 0 Å². The number of hydrogen-bond donors (Lipinski definition) is 0. The molecule has 0 aliphatic carbocycles. The van der Waals surface area contributed by atoms with Crippen LogP contribution in [0.1, 0.15) is 0 Å². The number of amidine groups is 1. The molecule has 0 bridgehead atoms. The average Bonchev–Trinajstić information content (AvgIpc) is 2.93. The van der Waals surface area contributed by atoms with E-state index in [-0.39, 0.29) is 34.4 Å². The number of carbonyl (C=O) groups is 1. The van der Waals surface area contributed by atoms with Gasteiger partial charge in [-0.15, -0.1) is 0 Å². The quantitative estimate of drug-likeness (QED) is 0.779. The van der Waals surface area contributed by atoms with Crippen molar-refractivity contribution in [3.63, 3.8) is 0 Å². The first-order valence-electron chi connectivity index (χ1n) is 7.02. The van der Waals surface area contributed by atoms with Gasteiger partial charge in [-0.3, -0.25) is 4.79 Å². The van der Waals surface area contributed by atoms with Crippen molar-refractivity contribution in [2.45, 2.75) is 11.3 Å². The van der Waals surface area contributed by atoms with Gasteiger partial charge in [-0.25, -0.2) is 12.8 Å². The number of halogens is 2. The number of amides is 1. The number of fused-ring (bicyclic) bond motifs is 1. The zero-order valence-corrected chi connectivity index (χ0v) is 15.0. The van der Waals surface area contributed by atoms with Gasteiger partial charge in [0.05, 0.1) is 22.6 Å². The highest BCUT2D eigenvalue weighted by molar-refractivity contribution is 8.16. The minimum absolute atomic E-state index is 0.0191. The topological polar surface area (TPSA) is 76.0 Å². The first-order valence-corrected chi connectivity index (χ1v) is 10.1. The molecular weight excluding hydrogens is 379 g/mol. The number of nitrogens with zero attached hydrogens (tertiary/aromatic N) is 2. The van der Waals surface area contributed by atoms with Crippen molar-refractivity contribution in [2.24, 2.45) is 4.99 Å². The predicted molar refractivity (Wildman–Crippen MR) is 92.0 cm³/mol. The summed E-state index contributed by atoms with van der Waals surface area (Å²) in [4.78, 5) is 17.5. The second kappa shape index (κ2) is 6.62. The summed E-state index contributed by atoms with van der Waals surface area (Å²) >= 11 is 7.08. The molecule has 1 aromatic rings. The Labute approximate surface area is 147 Å². The Morgan fingerprint density at radius 2 is 2.25 bits per heavy atom. The first kappa shape index (κ1) is 17.7. The van der Waals surface area contributed by atoms with Crippen molar-refractivity contribution < 1.29 is 22.3 Å². The number of thioether (sulfide) groups is 1. The monoisotopic (exact) mass is 392 g/mol. The number of benzene rings is 1. The summed E-state index contributed by atoms with van der Waals surface area (Å²) < 4.78 is 42.0. The fraction of sp³-hybridized carbons (Fsp3) is 0.429. The van der Waals surface area contributed by atoms with Crippen molar-refractivity contribution >= 4 is 50.0 Å². The smallest absolute Gasteiger partial charge is 0.274 e. The maximum atomic E-state index is 13.4. The number of hydrogen-bond acceptors (Lipinski definition) is 5. The maximum Gasteiger partial charge on any atom is 0.274 e. The van der Waals surface area contributed by atoms with Gasteiger partial charge in [-0.05, 0) is 18.2 Å². The molecule has 0 radical (unpaired) electrons. The summed E-state index contributed by atoms with van der Waals surface area (Å²) in [6, 6.07) is 3.73. The van der Waals surface area contributed by atoms with Crippen molar-refractivity contribution in [1.82, 2.24) is 0 Å². The van der Waals surface area contributed by atoms with E-state index in [2.05, 4.69) is 4.99 Å². The number of methoxy groups -OCH3 is 1. The van der Waals surface area contributed by atoms with Gasteiger partial charge in [0.15, 0.2) is 15.0 Å². The van der Waals surface area contributed by atoms with Crippen LogP contribution in [-0.4, -0.2) is 56.0 Å². The second-order valence-corrected chi connectivity index (χ2v) is 9.26. The van der Waals surface area contributed by atoms with Gasteiger partial charge >= 0.3 is 0 Å². The Hall–Kier alpha value is -1.16. The summed E-state index contributed by atoms with van der Waals surface area (Å²) in [6.07, 6.45) is 0. The third kappa shape index (κ3) is 3.44. The van der Waals surface area contributed by atoms with Gasteiger partial charge in [-0.1, -0.05) is 23.4 Å². The van der Waals surface area contributed by atoms with E-state index >= 15 is 0 Å². The highest BCUT2D eigenvalue weighted by atomic mass is 35.5. The third-order valence-electron chi connectivity index (χ3n) is 3.74. The first-order chi connectivity index (χ1) is 11.3. The summed E-state index contributed by atoms with van der Waals surface area (Å²) in [5, 5.41) is 0.0712. The molecule has 2 aliphatic heterocycles. The average molecular weight is 393 g/mol. The lowest BCUT2D eigenvalue weighted by molar-refractivity contribution is -0.121. The largest absolute Gasteiger partial charge is 0.375 e. The zero-order chi connectivity index (χ0) is 17.5. The van der Waals surface area contributed by atoms with Crippen LogP contribution in [0.15, 0.2) is 23.2 Å². The Bertz CT molecular complexity index is 815. The van der Waals surface area contributed by atoms with E-state index in [1.165, 1.54) is 37.1 Å². The van der Waals surface area contributed by atoms with E-state index in [9.17, 15) is 17.6 Å². The molecule has 2 heterocycles. The Kier molecular flexibility index (Phi) is 4.87. The maximum absolute atomic E-state index is 13.4. The fourth-order valence-electron chi connectivity index (χ4n) is 2.76. The minimum atomic E-state index is -3.16. The standard InChI is InChI=1S/C14H14ClFN2O4S2/c1-22-5-13(19)17-14-18(8-2-3-10(16)9(15)4-8)11-6-24(20,21)7-12(11)23-14/h2-4,11-12H,5-7H2,1H3/t11-,12+/m0/s1. The molecular formula is C14H14ClFN2O4S2. The number of ether oxygens (including phenoxy) is 1. The lowest BCUT2D eigenvalue weighted by Gasteiger charge is -2.24. The highest BCUT2D eigenvalue weighted by Crippen LogP contribution is 2.41. The van der Waals surface area contributed by atoms with E-state index in [1.54, 1.807) is 4.90 Å². The van der Waals surface area contributed by atoms with Gasteiger partial charge in [0.25, 0.3) is 5.91 Å². The molecule has 0 N–H and O–H groups in total. The Morgan fingerprint density at radius 1 is 1.50 bits per heavy atom. The van der Waals surface area contributed by atoms with E-state index < -0.39 is 21.6 Å². The van der Waals surface area contributed by atoms with Crippen LogP contribution in [0.5, 0.6) is 0 Å². The van der Waals surface area contributed by atoms with Crippen molar-refractivity contribution in [3.05, 3.63) is 29.0 Å². The Balaban J connectivity index is 2.01. The summed E-state index contributed by atoms with van der Waals surface area (Å²) in [5.41, 5.74) is 0.502. The van der Waals surface area contributed by atoms with Crippen LogP contribution in [0.3, 0.4) is 0 Å². The summed E-state index contributed by atoms with van der Waals surface area (Å²) in [6.45, 7) is -0.171. The summed E-state index contributed by atoms with van der Waals surface area (Å²) in [7, 11) is -1.77. The molecule has 1 aromatic carbocycles. The molecule has 2 fully saturated rings. The normalized spacial score (nSPS) is 26.8. The molecule has 130 valence electrons.